The highest BCUT2D eigenvalue weighted by Gasteiger charge is 2.29. The largest absolute Gasteiger partial charge is 0.496 e. The fourth-order valence-corrected chi connectivity index (χ4v) is 3.39. The molecule has 1 unspecified atom stereocenters. The van der Waals surface area contributed by atoms with Crippen molar-refractivity contribution in [1.29, 1.82) is 0 Å². The summed E-state index contributed by atoms with van der Waals surface area (Å²) in [5, 5.41) is 13.3. The first-order valence-corrected chi connectivity index (χ1v) is 9.12. The average Bonchev–Trinajstić information content (AvgIpc) is 2.73. The summed E-state index contributed by atoms with van der Waals surface area (Å²) in [5.74, 6) is -0.214. The molecule has 0 saturated carbocycles. The van der Waals surface area contributed by atoms with Crippen molar-refractivity contribution in [2.75, 3.05) is 25.5 Å². The molecule has 0 spiro atoms. The number of piperidine rings is 1. The lowest BCUT2D eigenvalue weighted by molar-refractivity contribution is 0.0652. The normalized spacial score (nSPS) is 15.7. The van der Waals surface area contributed by atoms with Crippen LogP contribution in [0.4, 0.5) is 10.5 Å². The van der Waals surface area contributed by atoms with Crippen molar-refractivity contribution in [2.45, 2.75) is 18.9 Å². The Morgan fingerprint density at radius 2 is 2.04 bits per heavy atom. The second kappa shape index (κ2) is 8.71. The van der Waals surface area contributed by atoms with Gasteiger partial charge in [-0.25, -0.2) is 4.79 Å². The molecule has 1 aromatic carbocycles. The molecule has 8 heteroatoms. The fourth-order valence-electron chi connectivity index (χ4n) is 3.39. The molecule has 3 rings (SSSR count). The number of methoxy groups -OCH3 is 1. The number of primary amides is 1. The number of amides is 3. The van der Waals surface area contributed by atoms with Crippen LogP contribution < -0.4 is 15.8 Å². The second-order valence-electron chi connectivity index (χ2n) is 6.73. The van der Waals surface area contributed by atoms with Gasteiger partial charge in [-0.05, 0) is 49.1 Å². The van der Waals surface area contributed by atoms with E-state index in [1.165, 1.54) is 13.2 Å². The lowest BCUT2D eigenvalue weighted by Crippen LogP contribution is -2.42. The zero-order valence-electron chi connectivity index (χ0n) is 15.7. The summed E-state index contributed by atoms with van der Waals surface area (Å²) in [6.45, 7) is 1.05. The minimum Gasteiger partial charge on any atom is -0.496 e. The van der Waals surface area contributed by atoms with Crippen LogP contribution in [-0.4, -0.2) is 47.1 Å². The lowest BCUT2D eigenvalue weighted by atomic mass is 9.89. The van der Waals surface area contributed by atoms with Crippen molar-refractivity contribution in [3.05, 3.63) is 53.9 Å². The van der Waals surface area contributed by atoms with Gasteiger partial charge in [0.25, 0.3) is 5.91 Å². The van der Waals surface area contributed by atoms with Gasteiger partial charge in [-0.2, -0.15) is 0 Å². The molecule has 28 heavy (non-hydrogen) atoms. The van der Waals surface area contributed by atoms with E-state index in [9.17, 15) is 14.7 Å². The molecule has 8 nitrogen and oxygen atoms in total. The van der Waals surface area contributed by atoms with E-state index in [2.05, 4.69) is 10.3 Å². The Bertz CT molecular complexity index is 835. The summed E-state index contributed by atoms with van der Waals surface area (Å²) < 4.78 is 5.10. The second-order valence-corrected chi connectivity index (χ2v) is 6.73. The summed E-state index contributed by atoms with van der Waals surface area (Å²) in [6, 6.07) is 9.95. The third kappa shape index (κ3) is 4.40. The van der Waals surface area contributed by atoms with Crippen LogP contribution in [-0.2, 0) is 0 Å². The van der Waals surface area contributed by atoms with E-state index in [0.717, 1.165) is 0 Å². The molecular weight excluding hydrogens is 360 g/mol. The number of nitrogens with zero attached hydrogens (tertiary/aromatic N) is 2. The molecule has 1 aliphatic rings. The Kier molecular flexibility index (Phi) is 6.10. The molecule has 1 fully saturated rings. The maximum Gasteiger partial charge on any atom is 0.321 e. The van der Waals surface area contributed by atoms with Crippen LogP contribution in [0.3, 0.4) is 0 Å². The van der Waals surface area contributed by atoms with Crippen molar-refractivity contribution in [1.82, 2.24) is 9.88 Å². The minimum atomic E-state index is -0.633. The highest BCUT2D eigenvalue weighted by atomic mass is 16.5. The van der Waals surface area contributed by atoms with Gasteiger partial charge in [0, 0.05) is 25.0 Å². The van der Waals surface area contributed by atoms with Crippen molar-refractivity contribution in [2.24, 2.45) is 11.7 Å². The number of likely N-dealkylation sites (tertiary alicyclic amines) is 1. The van der Waals surface area contributed by atoms with Crippen molar-refractivity contribution >= 4 is 17.6 Å². The van der Waals surface area contributed by atoms with E-state index in [0.29, 0.717) is 43.1 Å². The summed E-state index contributed by atoms with van der Waals surface area (Å²) in [6.07, 6.45) is 2.39. The molecule has 3 amide bonds. The standard InChI is InChI=1S/C20H24N4O4/c1-28-17-6-5-14(12-15(17)19(21)26)23-20(27)24-10-7-13(8-11-24)18(25)16-4-2-3-9-22-16/h2-6,9,12-13,18,25H,7-8,10-11H2,1H3,(H2,21,26)(H,23,27). The monoisotopic (exact) mass is 384 g/mol. The Hall–Kier alpha value is -3.13. The van der Waals surface area contributed by atoms with Gasteiger partial charge in [-0.3, -0.25) is 9.78 Å². The van der Waals surface area contributed by atoms with Gasteiger partial charge in [0.15, 0.2) is 0 Å². The third-order valence-corrected chi connectivity index (χ3v) is 4.98. The molecule has 2 aromatic rings. The molecule has 0 aliphatic carbocycles. The smallest absolute Gasteiger partial charge is 0.321 e. The number of aliphatic hydroxyl groups is 1. The molecule has 1 aromatic heterocycles. The van der Waals surface area contributed by atoms with E-state index < -0.39 is 12.0 Å². The van der Waals surface area contributed by atoms with E-state index in [4.69, 9.17) is 10.5 Å². The number of urea groups is 1. The number of anilines is 1. The van der Waals surface area contributed by atoms with Crippen LogP contribution in [0.1, 0.15) is 35.0 Å². The number of hydrogen-bond donors (Lipinski definition) is 3. The number of hydrogen-bond acceptors (Lipinski definition) is 5. The van der Waals surface area contributed by atoms with Crippen LogP contribution >= 0.6 is 0 Å². The van der Waals surface area contributed by atoms with Gasteiger partial charge in [-0.15, -0.1) is 0 Å². The number of nitrogens with one attached hydrogen (secondary N) is 1. The van der Waals surface area contributed by atoms with Crippen LogP contribution in [0.2, 0.25) is 0 Å². The number of carbonyl (C=O) groups excluding carboxylic acids is 2. The predicted octanol–water partition coefficient (Wildman–Crippen LogP) is 2.17. The van der Waals surface area contributed by atoms with Crippen LogP contribution in [0, 0.1) is 5.92 Å². The van der Waals surface area contributed by atoms with Crippen molar-refractivity contribution in [3.63, 3.8) is 0 Å². The summed E-state index contributed by atoms with van der Waals surface area (Å²) >= 11 is 0. The maximum atomic E-state index is 12.5. The average molecular weight is 384 g/mol. The van der Waals surface area contributed by atoms with Crippen LogP contribution in [0.15, 0.2) is 42.6 Å². The molecule has 1 atom stereocenters. The van der Waals surface area contributed by atoms with Crippen molar-refractivity contribution in [3.8, 4) is 5.75 Å². The number of pyridine rings is 1. The third-order valence-electron chi connectivity index (χ3n) is 4.98. The fraction of sp³-hybridized carbons (Fsp3) is 0.350. The van der Waals surface area contributed by atoms with Gasteiger partial charge < -0.3 is 25.8 Å². The molecule has 0 radical (unpaired) electrons. The van der Waals surface area contributed by atoms with Gasteiger partial charge in [0.05, 0.1) is 24.5 Å². The van der Waals surface area contributed by atoms with E-state index >= 15 is 0 Å². The Balaban J connectivity index is 1.58. The van der Waals surface area contributed by atoms with Gasteiger partial charge in [-0.1, -0.05) is 6.07 Å². The summed E-state index contributed by atoms with van der Waals surface area (Å²) in [5.41, 5.74) is 6.68. The number of nitrogens with two attached hydrogens (primary N) is 1. The lowest BCUT2D eigenvalue weighted by Gasteiger charge is -2.34. The Morgan fingerprint density at radius 3 is 2.64 bits per heavy atom. The zero-order valence-corrected chi connectivity index (χ0v) is 15.7. The zero-order chi connectivity index (χ0) is 20.1. The highest BCUT2D eigenvalue weighted by molar-refractivity contribution is 5.98. The highest BCUT2D eigenvalue weighted by Crippen LogP contribution is 2.30. The molecule has 0 bridgehead atoms. The molecular formula is C20H24N4O4. The first kappa shape index (κ1) is 19.6. The SMILES string of the molecule is COc1ccc(NC(=O)N2CCC(C(O)c3ccccn3)CC2)cc1C(N)=O. The number of ether oxygens (including phenoxy) is 1. The van der Waals surface area contributed by atoms with E-state index in [1.54, 1.807) is 23.2 Å². The summed E-state index contributed by atoms with van der Waals surface area (Å²) in [7, 11) is 1.45. The Labute approximate surface area is 163 Å². The number of benzene rings is 1. The molecule has 1 saturated heterocycles. The topological polar surface area (TPSA) is 118 Å². The number of rotatable bonds is 5. The Morgan fingerprint density at radius 1 is 1.29 bits per heavy atom. The molecule has 1 aliphatic heterocycles. The molecule has 2 heterocycles. The van der Waals surface area contributed by atoms with Crippen molar-refractivity contribution < 1.29 is 19.4 Å². The van der Waals surface area contributed by atoms with Gasteiger partial charge >= 0.3 is 6.03 Å². The van der Waals surface area contributed by atoms with Gasteiger partial charge in [0.2, 0.25) is 0 Å². The summed E-state index contributed by atoms with van der Waals surface area (Å²) in [4.78, 5) is 30.0. The first-order chi connectivity index (χ1) is 13.5. The number of aromatic nitrogens is 1. The minimum absolute atomic E-state index is 0.0569. The van der Waals surface area contributed by atoms with Gasteiger partial charge in [0.1, 0.15) is 5.75 Å². The molecule has 148 valence electrons. The van der Waals surface area contributed by atoms with E-state index in [1.807, 2.05) is 18.2 Å². The first-order valence-electron chi connectivity index (χ1n) is 9.12. The van der Waals surface area contributed by atoms with Crippen LogP contribution in [0.5, 0.6) is 5.75 Å². The van der Waals surface area contributed by atoms with Crippen LogP contribution in [0.25, 0.3) is 0 Å². The number of carbonyl (C=O) groups is 2. The predicted molar refractivity (Wildman–Crippen MR) is 104 cm³/mol. The van der Waals surface area contributed by atoms with E-state index in [-0.39, 0.29) is 17.5 Å². The quantitative estimate of drug-likeness (QED) is 0.730. The molecule has 4 N–H and O–H groups in total. The maximum absolute atomic E-state index is 12.5. The number of aliphatic hydroxyl groups excluding tert-OH is 1.